The Morgan fingerprint density at radius 3 is 2.42 bits per heavy atom. The van der Waals surface area contributed by atoms with Gasteiger partial charge in [0.1, 0.15) is 11.4 Å². The number of imide groups is 1. The normalized spacial score (nSPS) is 11.0. The summed E-state index contributed by atoms with van der Waals surface area (Å²) in [5, 5.41) is 25.1. The van der Waals surface area contributed by atoms with Gasteiger partial charge in [0.25, 0.3) is 5.91 Å². The van der Waals surface area contributed by atoms with Crippen LogP contribution in [-0.4, -0.2) is 17.0 Å². The summed E-state index contributed by atoms with van der Waals surface area (Å²) in [5.74, 6) is -0.618. The van der Waals surface area contributed by atoms with Crippen molar-refractivity contribution in [2.75, 3.05) is 5.32 Å². The molecule has 0 heterocycles. The number of anilines is 1. The van der Waals surface area contributed by atoms with E-state index < -0.39 is 11.9 Å². The molecule has 0 aliphatic heterocycles. The van der Waals surface area contributed by atoms with Crippen LogP contribution in [0.15, 0.2) is 89.1 Å². The van der Waals surface area contributed by atoms with Crippen molar-refractivity contribution >= 4 is 51.4 Å². The lowest BCUT2D eigenvalue weighted by atomic mass is 10.0. The third-order valence-electron chi connectivity index (χ3n) is 4.88. The Balaban J connectivity index is 1.55. The van der Waals surface area contributed by atoms with Gasteiger partial charge in [-0.3, -0.25) is 10.1 Å². The van der Waals surface area contributed by atoms with Gasteiger partial charge in [-0.2, -0.15) is 5.11 Å². The largest absolute Gasteiger partial charge is 0.506 e. The van der Waals surface area contributed by atoms with Gasteiger partial charge in [-0.05, 0) is 54.8 Å². The first-order chi connectivity index (χ1) is 15.9. The smallest absolute Gasteiger partial charge is 0.326 e. The minimum absolute atomic E-state index is 0.0327. The number of halogens is 1. The average Bonchev–Trinajstić information content (AvgIpc) is 2.80. The van der Waals surface area contributed by atoms with Crippen molar-refractivity contribution in [3.63, 3.8) is 0 Å². The number of azo groups is 1. The maximum Gasteiger partial charge on any atom is 0.326 e. The van der Waals surface area contributed by atoms with E-state index in [-0.39, 0.29) is 17.0 Å². The average molecular weight is 459 g/mol. The summed E-state index contributed by atoms with van der Waals surface area (Å²) >= 11 is 6.02. The minimum Gasteiger partial charge on any atom is -0.506 e. The molecule has 0 spiro atoms. The van der Waals surface area contributed by atoms with Gasteiger partial charge >= 0.3 is 6.03 Å². The van der Waals surface area contributed by atoms with Crippen LogP contribution in [0.25, 0.3) is 10.8 Å². The summed E-state index contributed by atoms with van der Waals surface area (Å²) in [6, 6.07) is 21.5. The molecule has 4 aromatic carbocycles. The summed E-state index contributed by atoms with van der Waals surface area (Å²) in [7, 11) is 0. The van der Waals surface area contributed by atoms with E-state index in [9.17, 15) is 14.7 Å². The fourth-order valence-corrected chi connectivity index (χ4v) is 3.34. The zero-order valence-corrected chi connectivity index (χ0v) is 18.3. The standard InChI is InChI=1S/C25H19ClN4O3/c1-15-6-10-18(11-7-15)29-30-23-19-12-8-17(14-16(19)9-13-22(23)31)24(32)28-25(33)27-21-5-3-2-4-20(21)26/h2-14,31H,1H3,(H2,27,28,32,33). The monoisotopic (exact) mass is 458 g/mol. The summed E-state index contributed by atoms with van der Waals surface area (Å²) in [6.45, 7) is 1.98. The van der Waals surface area contributed by atoms with E-state index in [4.69, 9.17) is 11.6 Å². The Morgan fingerprint density at radius 1 is 0.909 bits per heavy atom. The predicted molar refractivity (Wildman–Crippen MR) is 129 cm³/mol. The summed E-state index contributed by atoms with van der Waals surface area (Å²) < 4.78 is 0. The molecule has 4 rings (SSSR count). The quantitative estimate of drug-likeness (QED) is 0.290. The molecule has 0 bridgehead atoms. The van der Waals surface area contributed by atoms with E-state index in [0.717, 1.165) is 5.56 Å². The van der Waals surface area contributed by atoms with E-state index in [0.29, 0.717) is 27.2 Å². The lowest BCUT2D eigenvalue weighted by Crippen LogP contribution is -2.34. The first kappa shape index (κ1) is 22.0. The second-order valence-corrected chi connectivity index (χ2v) is 7.70. The van der Waals surface area contributed by atoms with E-state index in [1.807, 2.05) is 31.2 Å². The van der Waals surface area contributed by atoms with Crippen molar-refractivity contribution in [1.82, 2.24) is 5.32 Å². The number of hydrogen-bond donors (Lipinski definition) is 3. The number of rotatable bonds is 4. The molecule has 0 aliphatic carbocycles. The highest BCUT2D eigenvalue weighted by Crippen LogP contribution is 2.36. The van der Waals surface area contributed by atoms with Crippen molar-refractivity contribution in [2.24, 2.45) is 10.2 Å². The molecule has 0 aliphatic rings. The number of carbonyl (C=O) groups is 2. The highest BCUT2D eigenvalue weighted by atomic mass is 35.5. The van der Waals surface area contributed by atoms with Gasteiger partial charge < -0.3 is 10.4 Å². The molecule has 4 aromatic rings. The number of carbonyl (C=O) groups excluding carboxylic acids is 2. The van der Waals surface area contributed by atoms with E-state index >= 15 is 0 Å². The number of benzene rings is 4. The lowest BCUT2D eigenvalue weighted by molar-refractivity contribution is 0.0967. The van der Waals surface area contributed by atoms with Crippen LogP contribution >= 0.6 is 11.6 Å². The Labute approximate surface area is 194 Å². The zero-order chi connectivity index (χ0) is 23.4. The zero-order valence-electron chi connectivity index (χ0n) is 17.5. The van der Waals surface area contributed by atoms with Crippen LogP contribution in [0.3, 0.4) is 0 Å². The molecular formula is C25H19ClN4O3. The Kier molecular flexibility index (Phi) is 6.33. The summed E-state index contributed by atoms with van der Waals surface area (Å²) in [5.41, 5.74) is 2.70. The third-order valence-corrected chi connectivity index (χ3v) is 5.21. The number of nitrogens with one attached hydrogen (secondary N) is 2. The molecule has 0 aromatic heterocycles. The molecular weight excluding hydrogens is 440 g/mol. The number of para-hydroxylation sites is 1. The van der Waals surface area contributed by atoms with Crippen LogP contribution in [0, 0.1) is 6.92 Å². The van der Waals surface area contributed by atoms with Crippen LogP contribution in [-0.2, 0) is 0 Å². The molecule has 0 saturated carbocycles. The second-order valence-electron chi connectivity index (χ2n) is 7.29. The molecule has 8 heteroatoms. The maximum absolute atomic E-state index is 12.6. The van der Waals surface area contributed by atoms with Gasteiger partial charge in [-0.25, -0.2) is 4.79 Å². The fraction of sp³-hybridized carbons (Fsp3) is 0.0400. The number of fused-ring (bicyclic) bond motifs is 1. The molecule has 0 atom stereocenters. The van der Waals surface area contributed by atoms with Crippen LogP contribution in [0.4, 0.5) is 21.9 Å². The molecule has 164 valence electrons. The highest BCUT2D eigenvalue weighted by Gasteiger charge is 2.14. The van der Waals surface area contributed by atoms with Crippen molar-refractivity contribution in [3.05, 3.63) is 95.0 Å². The van der Waals surface area contributed by atoms with Crippen molar-refractivity contribution in [3.8, 4) is 5.75 Å². The van der Waals surface area contributed by atoms with E-state index in [1.165, 1.54) is 6.07 Å². The fourth-order valence-electron chi connectivity index (χ4n) is 3.16. The van der Waals surface area contributed by atoms with Gasteiger partial charge in [0.15, 0.2) is 0 Å². The first-order valence-corrected chi connectivity index (χ1v) is 10.4. The van der Waals surface area contributed by atoms with Gasteiger partial charge in [-0.1, -0.05) is 53.6 Å². The van der Waals surface area contributed by atoms with Gasteiger partial charge in [-0.15, -0.1) is 5.11 Å². The summed E-state index contributed by atoms with van der Waals surface area (Å²) in [6.07, 6.45) is 0. The predicted octanol–water partition coefficient (Wildman–Crippen LogP) is 6.88. The number of phenols is 1. The van der Waals surface area contributed by atoms with Crippen LogP contribution < -0.4 is 10.6 Å². The van der Waals surface area contributed by atoms with E-state index in [2.05, 4.69) is 20.9 Å². The molecule has 7 nitrogen and oxygen atoms in total. The molecule has 0 unspecified atom stereocenters. The lowest BCUT2D eigenvalue weighted by Gasteiger charge is -2.09. The topological polar surface area (TPSA) is 103 Å². The number of nitrogens with zero attached hydrogens (tertiary/aromatic N) is 2. The number of phenolic OH excluding ortho intramolecular Hbond substituents is 1. The number of aromatic hydroxyl groups is 1. The van der Waals surface area contributed by atoms with Gasteiger partial charge in [0.2, 0.25) is 0 Å². The number of aryl methyl sites for hydroxylation is 1. The second kappa shape index (κ2) is 9.50. The first-order valence-electron chi connectivity index (χ1n) is 10.0. The Morgan fingerprint density at radius 2 is 1.67 bits per heavy atom. The molecule has 0 fully saturated rings. The minimum atomic E-state index is -0.702. The maximum atomic E-state index is 12.6. The third kappa shape index (κ3) is 5.16. The number of hydrogen-bond acceptors (Lipinski definition) is 5. The van der Waals surface area contributed by atoms with Gasteiger partial charge in [0, 0.05) is 10.9 Å². The van der Waals surface area contributed by atoms with Crippen LogP contribution in [0.2, 0.25) is 5.02 Å². The highest BCUT2D eigenvalue weighted by molar-refractivity contribution is 6.33. The number of amides is 3. The SMILES string of the molecule is Cc1ccc(N=Nc2c(O)ccc3cc(C(=O)NC(=O)Nc4ccccc4Cl)ccc23)cc1. The van der Waals surface area contributed by atoms with E-state index in [1.54, 1.807) is 48.5 Å². The van der Waals surface area contributed by atoms with Crippen molar-refractivity contribution in [1.29, 1.82) is 0 Å². The number of urea groups is 1. The Hall–Kier alpha value is -4.23. The van der Waals surface area contributed by atoms with Crippen molar-refractivity contribution in [2.45, 2.75) is 6.92 Å². The van der Waals surface area contributed by atoms with Gasteiger partial charge in [0.05, 0.1) is 16.4 Å². The van der Waals surface area contributed by atoms with Crippen LogP contribution in [0.1, 0.15) is 15.9 Å². The molecule has 33 heavy (non-hydrogen) atoms. The Bertz CT molecular complexity index is 1380. The molecule has 3 N–H and O–H groups in total. The van der Waals surface area contributed by atoms with Crippen molar-refractivity contribution < 1.29 is 14.7 Å². The molecule has 3 amide bonds. The molecule has 0 saturated heterocycles. The molecule has 0 radical (unpaired) electrons. The summed E-state index contributed by atoms with van der Waals surface area (Å²) in [4.78, 5) is 24.8. The van der Waals surface area contributed by atoms with Crippen LogP contribution in [0.5, 0.6) is 5.75 Å².